The van der Waals surface area contributed by atoms with Crippen molar-refractivity contribution in [1.82, 2.24) is 0 Å². The molecule has 0 aliphatic rings. The third-order valence-electron chi connectivity index (χ3n) is 10.1. The molecular formula is C50H30O. The van der Waals surface area contributed by atoms with Gasteiger partial charge < -0.3 is 4.42 Å². The third kappa shape index (κ3) is 4.22. The lowest BCUT2D eigenvalue weighted by Crippen LogP contribution is -1.92. The fraction of sp³-hybridized carbons (Fsp3) is 0. The lowest BCUT2D eigenvalue weighted by molar-refractivity contribution is 0.669. The second kappa shape index (κ2) is 10.9. The van der Waals surface area contributed by atoms with Crippen LogP contribution in [0, 0.1) is 0 Å². The monoisotopic (exact) mass is 655 g/mol. The Kier molecular flexibility index (Phi) is 4.43. The molecule has 0 radical (unpaired) electrons. The van der Waals surface area contributed by atoms with E-state index >= 15 is 0 Å². The van der Waals surface area contributed by atoms with Gasteiger partial charge in [-0.3, -0.25) is 0 Å². The fourth-order valence-electron chi connectivity index (χ4n) is 7.93. The zero-order valence-corrected chi connectivity index (χ0v) is 27.0. The van der Waals surface area contributed by atoms with Crippen molar-refractivity contribution in [2.75, 3.05) is 0 Å². The van der Waals surface area contributed by atoms with Gasteiger partial charge in [0.05, 0.1) is 12.3 Å². The summed E-state index contributed by atoms with van der Waals surface area (Å²) in [6, 6.07) is 39.9. The molecule has 1 nitrogen and oxygen atoms in total. The van der Waals surface area contributed by atoms with Crippen LogP contribution in [0.3, 0.4) is 0 Å². The first-order valence-electron chi connectivity index (χ1n) is 21.4. The van der Waals surface area contributed by atoms with E-state index in [1.54, 1.807) is 0 Å². The number of hydrogen-bond donors (Lipinski definition) is 0. The zero-order valence-electron chi connectivity index (χ0n) is 36.0. The van der Waals surface area contributed by atoms with Crippen LogP contribution in [-0.4, -0.2) is 0 Å². The van der Waals surface area contributed by atoms with Crippen molar-refractivity contribution >= 4 is 75.8 Å². The molecule has 0 atom stereocenters. The quantitative estimate of drug-likeness (QED) is 0.173. The van der Waals surface area contributed by atoms with Crippen LogP contribution in [0.25, 0.3) is 109 Å². The van der Waals surface area contributed by atoms with E-state index in [0.29, 0.717) is 5.56 Å². The predicted molar refractivity (Wildman–Crippen MR) is 218 cm³/mol. The van der Waals surface area contributed by atoms with E-state index < -0.39 is 30.2 Å². The summed E-state index contributed by atoms with van der Waals surface area (Å²) >= 11 is 0. The van der Waals surface area contributed by atoms with Crippen molar-refractivity contribution < 1.29 is 16.8 Å². The number of fused-ring (bicyclic) bond motifs is 8. The van der Waals surface area contributed by atoms with E-state index in [-0.39, 0.29) is 62.4 Å². The van der Waals surface area contributed by atoms with Crippen LogP contribution in [0.4, 0.5) is 0 Å². The standard InChI is InChI=1S/C50H30O/c1-2-13-32-28-35(25-24-31(32)12-1)48-40-18-7-9-20-42(40)49(43-21-10-8-19-41(43)48)44-27-26-38(36-16-5-6-17-37(36)44)39-22-11-23-46-50(39)45-29-33-14-3-4-15-34(33)30-47(45)51-46/h1-30H/i3D,4D,11D,14D,15D,22D,23D,29D,30D. The molecule has 0 unspecified atom stereocenters. The highest BCUT2D eigenvalue weighted by Crippen LogP contribution is 2.48. The molecule has 0 N–H and O–H groups in total. The van der Waals surface area contributed by atoms with Crippen LogP contribution in [0.5, 0.6) is 0 Å². The highest BCUT2D eigenvalue weighted by Gasteiger charge is 2.20. The number of rotatable bonds is 3. The van der Waals surface area contributed by atoms with Crippen molar-refractivity contribution in [3.8, 4) is 33.4 Å². The summed E-state index contributed by atoms with van der Waals surface area (Å²) in [7, 11) is 0. The second-order valence-electron chi connectivity index (χ2n) is 12.9. The molecule has 10 aromatic carbocycles. The maximum absolute atomic E-state index is 9.41. The van der Waals surface area contributed by atoms with E-state index in [0.717, 1.165) is 60.0 Å². The number of hydrogen-bond acceptors (Lipinski definition) is 1. The van der Waals surface area contributed by atoms with E-state index in [4.69, 9.17) is 14.0 Å². The van der Waals surface area contributed by atoms with Crippen LogP contribution in [0.15, 0.2) is 186 Å². The number of benzene rings is 10. The molecule has 11 aromatic rings. The largest absolute Gasteiger partial charge is 0.456 e. The molecule has 236 valence electrons. The third-order valence-corrected chi connectivity index (χ3v) is 10.1. The zero-order chi connectivity index (χ0) is 41.3. The molecular weight excluding hydrogens is 617 g/mol. The van der Waals surface area contributed by atoms with Crippen LogP contribution in [0.2, 0.25) is 0 Å². The molecule has 0 saturated heterocycles. The Morgan fingerprint density at radius 3 is 1.69 bits per heavy atom. The Hall–Kier alpha value is -6.70. The minimum atomic E-state index is -0.532. The molecule has 0 amide bonds. The minimum absolute atomic E-state index is 0.0546. The van der Waals surface area contributed by atoms with Crippen molar-refractivity contribution in [2.24, 2.45) is 0 Å². The molecule has 11 rings (SSSR count). The molecule has 1 heterocycles. The maximum atomic E-state index is 9.41. The summed E-state index contributed by atoms with van der Waals surface area (Å²) in [5.74, 6) is 0. The summed E-state index contributed by atoms with van der Waals surface area (Å²) in [5.41, 5.74) is 4.80. The van der Waals surface area contributed by atoms with Gasteiger partial charge in [0.2, 0.25) is 0 Å². The van der Waals surface area contributed by atoms with Crippen LogP contribution >= 0.6 is 0 Å². The summed E-state index contributed by atoms with van der Waals surface area (Å²) in [6.45, 7) is 0. The van der Waals surface area contributed by atoms with Crippen molar-refractivity contribution in [2.45, 2.75) is 0 Å². The van der Waals surface area contributed by atoms with Gasteiger partial charge in [-0.15, -0.1) is 0 Å². The van der Waals surface area contributed by atoms with Gasteiger partial charge in [-0.25, -0.2) is 0 Å². The van der Waals surface area contributed by atoms with Crippen molar-refractivity contribution in [3.05, 3.63) is 182 Å². The summed E-state index contributed by atoms with van der Waals surface area (Å²) in [5, 5.41) is 8.19. The fourth-order valence-corrected chi connectivity index (χ4v) is 7.93. The van der Waals surface area contributed by atoms with Crippen LogP contribution in [-0.2, 0) is 0 Å². The van der Waals surface area contributed by atoms with Gasteiger partial charge in [0.15, 0.2) is 0 Å². The highest BCUT2D eigenvalue weighted by atomic mass is 16.3. The van der Waals surface area contributed by atoms with Crippen LogP contribution in [0.1, 0.15) is 12.3 Å². The Balaban J connectivity index is 1.24. The van der Waals surface area contributed by atoms with E-state index in [2.05, 4.69) is 84.9 Å². The molecule has 0 saturated carbocycles. The predicted octanol–water partition coefficient (Wildman–Crippen LogP) is 14.4. The summed E-state index contributed by atoms with van der Waals surface area (Å²) in [6.07, 6.45) is 0. The minimum Gasteiger partial charge on any atom is -0.456 e. The Bertz CT molecular complexity index is 3660. The Morgan fingerprint density at radius 1 is 0.373 bits per heavy atom. The average molecular weight is 656 g/mol. The van der Waals surface area contributed by atoms with Crippen molar-refractivity contribution in [3.63, 3.8) is 0 Å². The van der Waals surface area contributed by atoms with E-state index in [9.17, 15) is 2.74 Å². The van der Waals surface area contributed by atoms with Crippen molar-refractivity contribution in [1.29, 1.82) is 0 Å². The van der Waals surface area contributed by atoms with Gasteiger partial charge in [0.1, 0.15) is 11.2 Å². The van der Waals surface area contributed by atoms with Gasteiger partial charge >= 0.3 is 0 Å². The van der Waals surface area contributed by atoms with Gasteiger partial charge in [0, 0.05) is 10.8 Å². The molecule has 0 aliphatic heterocycles. The molecule has 0 fully saturated rings. The maximum Gasteiger partial charge on any atom is 0.136 e. The van der Waals surface area contributed by atoms with Gasteiger partial charge in [0.25, 0.3) is 0 Å². The molecule has 1 aromatic heterocycles. The molecule has 0 bridgehead atoms. The highest BCUT2D eigenvalue weighted by molar-refractivity contribution is 6.25. The van der Waals surface area contributed by atoms with E-state index in [1.807, 2.05) is 42.5 Å². The molecule has 0 aliphatic carbocycles. The first-order valence-corrected chi connectivity index (χ1v) is 16.9. The molecule has 1 heteroatoms. The smallest absolute Gasteiger partial charge is 0.136 e. The van der Waals surface area contributed by atoms with Gasteiger partial charge in [-0.2, -0.15) is 0 Å². The normalized spacial score (nSPS) is 14.4. The second-order valence-corrected chi connectivity index (χ2v) is 12.9. The molecule has 51 heavy (non-hydrogen) atoms. The Labute approximate surface area is 307 Å². The van der Waals surface area contributed by atoms with E-state index in [1.165, 1.54) is 5.39 Å². The molecule has 0 spiro atoms. The number of furan rings is 1. The van der Waals surface area contributed by atoms with Crippen LogP contribution < -0.4 is 0 Å². The average Bonchev–Trinajstić information content (AvgIpc) is 3.68. The Morgan fingerprint density at radius 2 is 0.961 bits per heavy atom. The summed E-state index contributed by atoms with van der Waals surface area (Å²) in [4.78, 5) is 0. The topological polar surface area (TPSA) is 13.1 Å². The first kappa shape index (κ1) is 20.7. The lowest BCUT2D eigenvalue weighted by atomic mass is 9.83. The SMILES string of the molecule is [2H]c1c([2H])c(-c2ccc(-c3c4ccccc4c(-c4ccc5ccccc5c4)c4ccccc34)c3ccccc23)c2c(oc3c([2H])c4c([2H])c([2H])c([2H])c([2H])c4c([2H])c32)c1[2H]. The first-order chi connectivity index (χ1) is 29.1. The lowest BCUT2D eigenvalue weighted by Gasteiger charge is -2.20. The van der Waals surface area contributed by atoms with Gasteiger partial charge in [-0.05, 0) is 111 Å². The summed E-state index contributed by atoms with van der Waals surface area (Å²) < 4.78 is 85.9. The van der Waals surface area contributed by atoms with Gasteiger partial charge in [-0.1, -0.05) is 158 Å².